The Balaban J connectivity index is 1.80. The van der Waals surface area contributed by atoms with Crippen LogP contribution in [0.3, 0.4) is 0 Å². The van der Waals surface area contributed by atoms with E-state index in [2.05, 4.69) is 30.3 Å². The number of nitriles is 1. The second-order valence-electron chi connectivity index (χ2n) is 7.42. The first-order valence-corrected chi connectivity index (χ1v) is 11.0. The van der Waals surface area contributed by atoms with Gasteiger partial charge in [0.1, 0.15) is 0 Å². The molecule has 0 aromatic heterocycles. The molecular formula is C22H25NO3S. The molecule has 0 N–H and O–H groups in total. The van der Waals surface area contributed by atoms with Gasteiger partial charge in [0.2, 0.25) is 0 Å². The predicted octanol–water partition coefficient (Wildman–Crippen LogP) is 4.17. The minimum absolute atomic E-state index is 0.00749. The summed E-state index contributed by atoms with van der Waals surface area (Å²) in [4.78, 5) is 0. The summed E-state index contributed by atoms with van der Waals surface area (Å²) in [7, 11) is -3.10. The van der Waals surface area contributed by atoms with Crippen molar-refractivity contribution in [2.45, 2.75) is 31.4 Å². The van der Waals surface area contributed by atoms with Gasteiger partial charge in [0.25, 0.3) is 0 Å². The Morgan fingerprint density at radius 2 is 1.67 bits per heavy atom. The highest BCUT2D eigenvalue weighted by atomic mass is 32.2. The van der Waals surface area contributed by atoms with Crippen LogP contribution in [0.2, 0.25) is 0 Å². The summed E-state index contributed by atoms with van der Waals surface area (Å²) in [6.07, 6.45) is 0.842. The number of ether oxygens (including phenoxy) is 1. The van der Waals surface area contributed by atoms with E-state index in [0.29, 0.717) is 18.8 Å². The smallest absolute Gasteiger partial charge is 0.153 e. The van der Waals surface area contributed by atoms with Crippen LogP contribution in [0.1, 0.15) is 37.3 Å². The zero-order chi connectivity index (χ0) is 19.4. The summed E-state index contributed by atoms with van der Waals surface area (Å²) in [5, 5.41) is 8.55. The first kappa shape index (κ1) is 19.6. The largest absolute Gasteiger partial charge is 0.381 e. The zero-order valence-electron chi connectivity index (χ0n) is 15.8. The normalized spacial score (nSPS) is 20.4. The molecule has 1 saturated heterocycles. The van der Waals surface area contributed by atoms with Gasteiger partial charge in [0, 0.05) is 12.5 Å². The highest BCUT2D eigenvalue weighted by Crippen LogP contribution is 2.34. The van der Waals surface area contributed by atoms with Crippen LogP contribution in [0.4, 0.5) is 0 Å². The van der Waals surface area contributed by atoms with Crippen LogP contribution in [0.5, 0.6) is 0 Å². The summed E-state index contributed by atoms with van der Waals surface area (Å²) in [6.45, 7) is 4.63. The van der Waals surface area contributed by atoms with Crippen molar-refractivity contribution in [3.05, 3.63) is 59.7 Å². The topological polar surface area (TPSA) is 67.2 Å². The molecule has 3 rings (SSSR count). The van der Waals surface area contributed by atoms with E-state index in [4.69, 9.17) is 10.00 Å². The van der Waals surface area contributed by atoms with E-state index in [9.17, 15) is 8.42 Å². The molecule has 0 aliphatic carbocycles. The number of benzene rings is 2. The molecule has 0 amide bonds. The van der Waals surface area contributed by atoms with E-state index in [1.165, 1.54) is 5.56 Å². The van der Waals surface area contributed by atoms with Crippen molar-refractivity contribution in [1.29, 1.82) is 5.26 Å². The fourth-order valence-electron chi connectivity index (χ4n) is 3.55. The lowest BCUT2D eigenvalue weighted by atomic mass is 9.83. The van der Waals surface area contributed by atoms with Crippen LogP contribution >= 0.6 is 0 Å². The molecule has 2 aromatic rings. The number of hydrogen-bond acceptors (Lipinski definition) is 4. The van der Waals surface area contributed by atoms with Crippen LogP contribution in [-0.2, 0) is 14.6 Å². The fourth-order valence-corrected chi connectivity index (χ4v) is 4.86. The number of hydrogen-bond donors (Lipinski definition) is 0. The number of sulfone groups is 1. The van der Waals surface area contributed by atoms with Gasteiger partial charge in [-0.15, -0.1) is 0 Å². The van der Waals surface area contributed by atoms with E-state index < -0.39 is 9.84 Å². The Bertz CT molecular complexity index is 910. The summed E-state index contributed by atoms with van der Waals surface area (Å²) in [5.41, 5.74) is 3.96. The molecule has 1 aliphatic rings. The molecule has 5 heteroatoms. The highest BCUT2D eigenvalue weighted by molar-refractivity contribution is 7.91. The average molecular weight is 384 g/mol. The fraction of sp³-hybridized carbons (Fsp3) is 0.409. The van der Waals surface area contributed by atoms with Crippen molar-refractivity contribution >= 4 is 9.84 Å². The van der Waals surface area contributed by atoms with Crippen molar-refractivity contribution < 1.29 is 13.2 Å². The molecule has 0 saturated carbocycles. The molecule has 27 heavy (non-hydrogen) atoms. The van der Waals surface area contributed by atoms with Gasteiger partial charge in [0.15, 0.2) is 9.84 Å². The van der Waals surface area contributed by atoms with Crippen LogP contribution < -0.4 is 0 Å². The van der Waals surface area contributed by atoms with Gasteiger partial charge in [-0.1, -0.05) is 36.4 Å². The van der Waals surface area contributed by atoms with Gasteiger partial charge in [-0.05, 0) is 55.0 Å². The standard InChI is InChI=1S/C22H25NO3S/c1-16(2)27(24,25)15-21-14-26-12-11-22(21)20-9-7-19(8-10-20)18-5-3-17(13-23)4-6-18/h3-10,16,21-22H,11-12,14-15H2,1-2H3/t21-,22+/m1/s1. The number of nitrogens with zero attached hydrogens (tertiary/aromatic N) is 1. The van der Waals surface area contributed by atoms with Gasteiger partial charge in [-0.2, -0.15) is 5.26 Å². The molecular weight excluding hydrogens is 358 g/mol. The molecule has 2 atom stereocenters. The van der Waals surface area contributed by atoms with Gasteiger partial charge < -0.3 is 4.74 Å². The highest BCUT2D eigenvalue weighted by Gasteiger charge is 2.32. The molecule has 1 heterocycles. The summed E-state index contributed by atoms with van der Waals surface area (Å²) in [5.74, 6) is 0.362. The third-order valence-corrected chi connectivity index (χ3v) is 7.65. The second kappa shape index (κ2) is 8.24. The molecule has 2 aromatic carbocycles. The summed E-state index contributed by atoms with van der Waals surface area (Å²) in [6, 6.07) is 18.0. The van der Waals surface area contributed by atoms with Crippen molar-refractivity contribution in [3.63, 3.8) is 0 Å². The molecule has 1 aliphatic heterocycles. The molecule has 1 fully saturated rings. The second-order valence-corrected chi connectivity index (χ2v) is 10.0. The van der Waals surface area contributed by atoms with Gasteiger partial charge in [-0.3, -0.25) is 0 Å². The minimum Gasteiger partial charge on any atom is -0.381 e. The lowest BCUT2D eigenvalue weighted by Gasteiger charge is -2.32. The summed E-state index contributed by atoms with van der Waals surface area (Å²) < 4.78 is 30.4. The Morgan fingerprint density at radius 1 is 1.07 bits per heavy atom. The quantitative estimate of drug-likeness (QED) is 0.777. The molecule has 0 unspecified atom stereocenters. The van der Waals surface area contributed by atoms with Crippen molar-refractivity contribution in [2.24, 2.45) is 5.92 Å². The Labute approximate surface area is 161 Å². The van der Waals surface area contributed by atoms with Crippen molar-refractivity contribution in [3.8, 4) is 17.2 Å². The van der Waals surface area contributed by atoms with Crippen molar-refractivity contribution in [1.82, 2.24) is 0 Å². The molecule has 4 nitrogen and oxygen atoms in total. The molecule has 142 valence electrons. The maximum Gasteiger partial charge on any atom is 0.153 e. The lowest BCUT2D eigenvalue weighted by Crippen LogP contribution is -2.34. The SMILES string of the molecule is CC(C)S(=O)(=O)C[C@H]1COCC[C@H]1c1ccc(-c2ccc(C#N)cc2)cc1. The zero-order valence-corrected chi connectivity index (χ0v) is 16.6. The lowest BCUT2D eigenvalue weighted by molar-refractivity contribution is 0.0483. The van der Waals surface area contributed by atoms with Crippen LogP contribution in [0, 0.1) is 17.2 Å². The summed E-state index contributed by atoms with van der Waals surface area (Å²) >= 11 is 0. The van der Waals surface area contributed by atoms with E-state index in [0.717, 1.165) is 17.5 Å². The van der Waals surface area contributed by atoms with Gasteiger partial charge in [0.05, 0.1) is 29.2 Å². The molecule has 0 bridgehead atoms. The predicted molar refractivity (Wildman–Crippen MR) is 107 cm³/mol. The Kier molecular flexibility index (Phi) is 5.98. The van der Waals surface area contributed by atoms with Crippen molar-refractivity contribution in [2.75, 3.05) is 19.0 Å². The van der Waals surface area contributed by atoms with E-state index in [1.807, 2.05) is 24.3 Å². The van der Waals surface area contributed by atoms with Crippen LogP contribution in [0.15, 0.2) is 48.5 Å². The Hall–Kier alpha value is -2.16. The first-order valence-electron chi connectivity index (χ1n) is 9.30. The van der Waals surface area contributed by atoms with Crippen LogP contribution in [0.25, 0.3) is 11.1 Å². The third kappa shape index (κ3) is 4.58. The van der Waals surface area contributed by atoms with E-state index in [1.54, 1.807) is 13.8 Å². The number of rotatable bonds is 5. The molecule has 0 spiro atoms. The van der Waals surface area contributed by atoms with Gasteiger partial charge >= 0.3 is 0 Å². The Morgan fingerprint density at radius 3 is 2.22 bits per heavy atom. The van der Waals surface area contributed by atoms with E-state index >= 15 is 0 Å². The maximum atomic E-state index is 12.4. The third-order valence-electron chi connectivity index (χ3n) is 5.32. The minimum atomic E-state index is -3.10. The van der Waals surface area contributed by atoms with E-state index in [-0.39, 0.29) is 22.8 Å². The molecule has 0 radical (unpaired) electrons. The van der Waals surface area contributed by atoms with Crippen LogP contribution in [-0.4, -0.2) is 32.6 Å². The monoisotopic (exact) mass is 383 g/mol. The average Bonchev–Trinajstić information content (AvgIpc) is 2.68. The maximum absolute atomic E-state index is 12.4. The van der Waals surface area contributed by atoms with Gasteiger partial charge in [-0.25, -0.2) is 8.42 Å². The first-order chi connectivity index (χ1) is 12.9.